The average molecular weight is 268 g/mol. The summed E-state index contributed by atoms with van der Waals surface area (Å²) in [6, 6.07) is 5.57. The lowest BCUT2D eigenvalue weighted by atomic mass is 10.2. The number of hydrogen-bond acceptors (Lipinski definition) is 4. The number of ether oxygens (including phenoxy) is 1. The monoisotopic (exact) mass is 268 g/mol. The van der Waals surface area contributed by atoms with Crippen molar-refractivity contribution in [1.82, 2.24) is 4.90 Å². The molecule has 0 aliphatic carbocycles. The number of hydrogen-bond donors (Lipinski definition) is 1. The largest absolute Gasteiger partial charge is 0.399 e. The number of nitrogen functional groups attached to an aromatic ring is 1. The number of benzene rings is 1. The van der Waals surface area contributed by atoms with Crippen molar-refractivity contribution in [2.75, 3.05) is 44.3 Å². The molecule has 0 bridgehead atoms. The van der Waals surface area contributed by atoms with Crippen molar-refractivity contribution >= 4 is 16.5 Å². The van der Waals surface area contributed by atoms with Gasteiger partial charge in [0.25, 0.3) is 0 Å². The highest BCUT2D eigenvalue weighted by atomic mass is 32.2. The molecule has 18 heavy (non-hydrogen) atoms. The first kappa shape index (κ1) is 13.5. The molecule has 4 nitrogen and oxygen atoms in total. The van der Waals surface area contributed by atoms with E-state index >= 15 is 0 Å². The van der Waals surface area contributed by atoms with Gasteiger partial charge in [-0.2, -0.15) is 0 Å². The van der Waals surface area contributed by atoms with Gasteiger partial charge in [0, 0.05) is 36.0 Å². The molecule has 2 rings (SSSR count). The van der Waals surface area contributed by atoms with Crippen molar-refractivity contribution in [3.05, 3.63) is 23.8 Å². The predicted molar refractivity (Wildman–Crippen MR) is 74.1 cm³/mol. The van der Waals surface area contributed by atoms with E-state index in [0.29, 0.717) is 5.75 Å². The van der Waals surface area contributed by atoms with Gasteiger partial charge in [0.1, 0.15) is 0 Å². The van der Waals surface area contributed by atoms with Crippen LogP contribution in [0.25, 0.3) is 0 Å². The van der Waals surface area contributed by atoms with Gasteiger partial charge in [-0.25, -0.2) is 0 Å². The molecular formula is C13H20N2O2S. The molecule has 1 aromatic rings. The van der Waals surface area contributed by atoms with Crippen molar-refractivity contribution < 1.29 is 8.95 Å². The molecule has 1 fully saturated rings. The Balaban J connectivity index is 1.90. The maximum atomic E-state index is 12.2. The molecule has 100 valence electrons. The Kier molecular flexibility index (Phi) is 4.74. The summed E-state index contributed by atoms with van der Waals surface area (Å²) < 4.78 is 17.5. The molecule has 1 unspecified atom stereocenters. The van der Waals surface area contributed by atoms with Gasteiger partial charge in [0.2, 0.25) is 0 Å². The second-order valence-corrected chi connectivity index (χ2v) is 6.07. The lowest BCUT2D eigenvalue weighted by molar-refractivity contribution is 0.0409. The maximum absolute atomic E-state index is 12.2. The molecule has 1 atom stereocenters. The van der Waals surface area contributed by atoms with Gasteiger partial charge in [0.05, 0.1) is 24.0 Å². The van der Waals surface area contributed by atoms with Crippen LogP contribution in [0, 0.1) is 6.92 Å². The Morgan fingerprint density at radius 1 is 1.39 bits per heavy atom. The van der Waals surface area contributed by atoms with E-state index in [1.807, 2.05) is 25.1 Å². The Morgan fingerprint density at radius 2 is 2.11 bits per heavy atom. The molecule has 0 saturated carbocycles. The van der Waals surface area contributed by atoms with Crippen LogP contribution in [0.3, 0.4) is 0 Å². The molecule has 0 radical (unpaired) electrons. The summed E-state index contributed by atoms with van der Waals surface area (Å²) in [6.07, 6.45) is 0. The molecule has 1 saturated heterocycles. The van der Waals surface area contributed by atoms with Crippen molar-refractivity contribution in [3.63, 3.8) is 0 Å². The molecular weight excluding hydrogens is 248 g/mol. The summed E-state index contributed by atoms with van der Waals surface area (Å²) in [5, 5.41) is 0. The lowest BCUT2D eigenvalue weighted by Gasteiger charge is -2.26. The van der Waals surface area contributed by atoms with Crippen LogP contribution in [0.2, 0.25) is 0 Å². The third-order valence-corrected chi connectivity index (χ3v) is 4.64. The van der Waals surface area contributed by atoms with Crippen LogP contribution in [-0.2, 0) is 15.5 Å². The van der Waals surface area contributed by atoms with Gasteiger partial charge in [-0.3, -0.25) is 9.11 Å². The zero-order chi connectivity index (χ0) is 13.0. The van der Waals surface area contributed by atoms with Gasteiger partial charge >= 0.3 is 0 Å². The Morgan fingerprint density at radius 3 is 2.78 bits per heavy atom. The van der Waals surface area contributed by atoms with E-state index < -0.39 is 10.8 Å². The molecule has 5 heteroatoms. The molecule has 0 amide bonds. The van der Waals surface area contributed by atoms with Crippen LogP contribution in [0.1, 0.15) is 5.56 Å². The smallest absolute Gasteiger partial charge is 0.0594 e. The fraction of sp³-hybridized carbons (Fsp3) is 0.538. The third kappa shape index (κ3) is 3.54. The summed E-state index contributed by atoms with van der Waals surface area (Å²) in [5.41, 5.74) is 7.43. The summed E-state index contributed by atoms with van der Waals surface area (Å²) in [6.45, 7) is 6.27. The van der Waals surface area contributed by atoms with Crippen molar-refractivity contribution in [1.29, 1.82) is 0 Å². The number of morpholine rings is 1. The third-order valence-electron chi connectivity index (χ3n) is 3.14. The molecule has 0 spiro atoms. The summed E-state index contributed by atoms with van der Waals surface area (Å²) >= 11 is 0. The minimum absolute atomic E-state index is 0.671. The van der Waals surface area contributed by atoms with Gasteiger partial charge in [0.15, 0.2) is 0 Å². The van der Waals surface area contributed by atoms with Crippen LogP contribution in [0.4, 0.5) is 5.69 Å². The van der Waals surface area contributed by atoms with Crippen LogP contribution in [-0.4, -0.2) is 47.7 Å². The van der Waals surface area contributed by atoms with Crippen molar-refractivity contribution in [2.24, 2.45) is 0 Å². The zero-order valence-corrected chi connectivity index (χ0v) is 11.5. The van der Waals surface area contributed by atoms with Crippen LogP contribution in [0.5, 0.6) is 0 Å². The minimum Gasteiger partial charge on any atom is -0.399 e. The fourth-order valence-corrected chi connectivity index (χ4v) is 3.36. The number of aryl methyl sites for hydroxylation is 1. The summed E-state index contributed by atoms with van der Waals surface area (Å²) in [7, 11) is -0.943. The van der Waals surface area contributed by atoms with Crippen molar-refractivity contribution in [3.8, 4) is 0 Å². The Labute approximate surface area is 111 Å². The average Bonchev–Trinajstić information content (AvgIpc) is 2.37. The maximum Gasteiger partial charge on any atom is 0.0594 e. The fourth-order valence-electron chi connectivity index (χ4n) is 2.07. The van der Waals surface area contributed by atoms with E-state index in [1.165, 1.54) is 0 Å². The van der Waals surface area contributed by atoms with E-state index in [4.69, 9.17) is 10.5 Å². The summed E-state index contributed by atoms with van der Waals surface area (Å²) in [4.78, 5) is 3.20. The summed E-state index contributed by atoms with van der Waals surface area (Å²) in [5.74, 6) is 0.671. The molecule has 2 N–H and O–H groups in total. The molecule has 1 heterocycles. The normalized spacial score (nSPS) is 18.7. The first-order valence-electron chi connectivity index (χ1n) is 6.21. The zero-order valence-electron chi connectivity index (χ0n) is 10.7. The van der Waals surface area contributed by atoms with Crippen LogP contribution < -0.4 is 5.73 Å². The molecule has 1 aliphatic heterocycles. The van der Waals surface area contributed by atoms with E-state index in [0.717, 1.165) is 49.0 Å². The number of anilines is 1. The second-order valence-electron chi connectivity index (χ2n) is 4.53. The highest BCUT2D eigenvalue weighted by Gasteiger charge is 2.13. The van der Waals surface area contributed by atoms with Crippen LogP contribution in [0.15, 0.2) is 23.1 Å². The van der Waals surface area contributed by atoms with E-state index in [9.17, 15) is 4.21 Å². The van der Waals surface area contributed by atoms with E-state index in [1.54, 1.807) is 0 Å². The molecule has 0 aromatic heterocycles. The molecule has 1 aromatic carbocycles. The number of rotatable bonds is 4. The van der Waals surface area contributed by atoms with Gasteiger partial charge < -0.3 is 10.5 Å². The second kappa shape index (κ2) is 6.31. The van der Waals surface area contributed by atoms with Gasteiger partial charge in [-0.15, -0.1) is 0 Å². The quantitative estimate of drug-likeness (QED) is 0.828. The standard InChI is InChI=1S/C13H20N2O2S/c1-11-10-12(14)2-3-13(11)18(16)9-6-15-4-7-17-8-5-15/h2-3,10H,4-9,14H2,1H3. The van der Waals surface area contributed by atoms with Crippen molar-refractivity contribution in [2.45, 2.75) is 11.8 Å². The first-order valence-corrected chi connectivity index (χ1v) is 7.53. The highest BCUT2D eigenvalue weighted by molar-refractivity contribution is 7.85. The predicted octanol–water partition coefficient (Wildman–Crippen LogP) is 1.02. The van der Waals surface area contributed by atoms with Gasteiger partial charge in [-0.05, 0) is 30.7 Å². The first-order chi connectivity index (χ1) is 8.66. The SMILES string of the molecule is Cc1cc(N)ccc1S(=O)CCN1CCOCC1. The van der Waals surface area contributed by atoms with Gasteiger partial charge in [-0.1, -0.05) is 0 Å². The van der Waals surface area contributed by atoms with E-state index in [-0.39, 0.29) is 0 Å². The number of nitrogens with two attached hydrogens (primary N) is 1. The Bertz CT molecular complexity index is 431. The minimum atomic E-state index is -0.943. The Hall–Kier alpha value is -0.910. The molecule has 1 aliphatic rings. The topological polar surface area (TPSA) is 55.6 Å². The number of nitrogens with zero attached hydrogens (tertiary/aromatic N) is 1. The lowest BCUT2D eigenvalue weighted by Crippen LogP contribution is -2.38. The van der Waals surface area contributed by atoms with E-state index in [2.05, 4.69) is 4.90 Å². The highest BCUT2D eigenvalue weighted by Crippen LogP contribution is 2.16. The van der Waals surface area contributed by atoms with Crippen LogP contribution >= 0.6 is 0 Å².